The van der Waals surface area contributed by atoms with Gasteiger partial charge in [-0.05, 0) is 104 Å². The number of fused-ring (bicyclic) bond motifs is 5. The van der Waals surface area contributed by atoms with Crippen LogP contribution < -0.4 is 0 Å². The summed E-state index contributed by atoms with van der Waals surface area (Å²) in [6.07, 6.45) is 20.2. The predicted octanol–water partition coefficient (Wildman–Crippen LogP) is 8.11. The first-order valence-corrected chi connectivity index (χ1v) is 12.5. The third kappa shape index (κ3) is 3.41. The molecule has 0 aliphatic heterocycles. The molecule has 0 heteroatoms. The van der Waals surface area contributed by atoms with Gasteiger partial charge in [0.15, 0.2) is 0 Å². The van der Waals surface area contributed by atoms with E-state index in [4.69, 9.17) is 0 Å². The van der Waals surface area contributed by atoms with Crippen molar-refractivity contribution in [3.8, 4) is 0 Å². The molecule has 4 aliphatic rings. The van der Waals surface area contributed by atoms with Crippen LogP contribution in [0.5, 0.6) is 0 Å². The highest BCUT2D eigenvalue weighted by Gasteiger charge is 2.56. The molecule has 8 atom stereocenters. The third-order valence-corrected chi connectivity index (χ3v) is 10.4. The van der Waals surface area contributed by atoms with Crippen molar-refractivity contribution in [1.82, 2.24) is 0 Å². The molecule has 0 saturated heterocycles. The van der Waals surface area contributed by atoms with Crippen molar-refractivity contribution in [3.05, 3.63) is 0 Å². The second kappa shape index (κ2) is 7.79. The van der Waals surface area contributed by atoms with Crippen molar-refractivity contribution in [2.75, 3.05) is 0 Å². The van der Waals surface area contributed by atoms with Crippen molar-refractivity contribution in [2.45, 2.75) is 111 Å². The fourth-order valence-electron chi connectivity index (χ4n) is 8.43. The summed E-state index contributed by atoms with van der Waals surface area (Å²) in [5.41, 5.74) is 0.712. The third-order valence-electron chi connectivity index (χ3n) is 10.4. The van der Waals surface area contributed by atoms with Gasteiger partial charge in [0, 0.05) is 0 Å². The lowest BCUT2D eigenvalue weighted by molar-refractivity contribution is -0.0631. The van der Waals surface area contributed by atoms with Gasteiger partial charge < -0.3 is 0 Å². The van der Waals surface area contributed by atoms with Gasteiger partial charge in [-0.25, -0.2) is 0 Å². The zero-order valence-electron chi connectivity index (χ0n) is 18.3. The lowest BCUT2D eigenvalue weighted by atomic mass is 9.49. The molecule has 0 radical (unpaired) electrons. The summed E-state index contributed by atoms with van der Waals surface area (Å²) in [6.45, 7) is 10.0. The van der Waals surface area contributed by atoms with E-state index in [1.54, 1.807) is 57.8 Å². The average Bonchev–Trinajstić information content (AvgIpc) is 2.98. The van der Waals surface area contributed by atoms with E-state index < -0.39 is 0 Å². The van der Waals surface area contributed by atoms with Gasteiger partial charge in [-0.15, -0.1) is 0 Å². The SMILES string of the molecule is CC(C)C(C)CCCC1CCC2C3CCC4CCCCC4C3CCC12C. The van der Waals surface area contributed by atoms with E-state index in [1.807, 2.05) is 0 Å². The lowest BCUT2D eigenvalue weighted by Crippen LogP contribution is -2.48. The summed E-state index contributed by atoms with van der Waals surface area (Å²) >= 11 is 0. The van der Waals surface area contributed by atoms with E-state index in [1.165, 1.54) is 25.7 Å². The first kappa shape index (κ1) is 19.3. The molecule has 0 heterocycles. The summed E-state index contributed by atoms with van der Waals surface area (Å²) < 4.78 is 0. The van der Waals surface area contributed by atoms with Crippen LogP contribution in [0.1, 0.15) is 111 Å². The quantitative estimate of drug-likeness (QED) is 0.465. The molecule has 8 unspecified atom stereocenters. The maximum atomic E-state index is 2.74. The van der Waals surface area contributed by atoms with E-state index in [-0.39, 0.29) is 0 Å². The molecule has 4 rings (SSSR count). The number of hydrogen-bond acceptors (Lipinski definition) is 0. The van der Waals surface area contributed by atoms with Gasteiger partial charge >= 0.3 is 0 Å². The fourth-order valence-corrected chi connectivity index (χ4v) is 8.43. The molecule has 0 bridgehead atoms. The lowest BCUT2D eigenvalue weighted by Gasteiger charge is -2.56. The molecule has 0 nitrogen and oxygen atoms in total. The molecule has 4 saturated carbocycles. The fraction of sp³-hybridized carbons (Fsp3) is 1.00. The van der Waals surface area contributed by atoms with Crippen LogP contribution in [0, 0.1) is 52.8 Å². The zero-order chi connectivity index (χ0) is 18.3. The highest BCUT2D eigenvalue weighted by molar-refractivity contribution is 5.05. The molecule has 0 aromatic heterocycles. The van der Waals surface area contributed by atoms with Crippen LogP contribution in [-0.4, -0.2) is 0 Å². The summed E-state index contributed by atoms with van der Waals surface area (Å²) in [7, 11) is 0. The van der Waals surface area contributed by atoms with Crippen LogP contribution in [0.3, 0.4) is 0 Å². The van der Waals surface area contributed by atoms with Crippen molar-refractivity contribution >= 4 is 0 Å². The Morgan fingerprint density at radius 1 is 0.808 bits per heavy atom. The van der Waals surface area contributed by atoms with Crippen molar-refractivity contribution in [1.29, 1.82) is 0 Å². The van der Waals surface area contributed by atoms with Gasteiger partial charge in [-0.2, -0.15) is 0 Å². The summed E-state index contributed by atoms with van der Waals surface area (Å²) in [5, 5.41) is 0. The molecule has 0 amide bonds. The standard InChI is InChI=1S/C26H46/c1-18(2)19(3)8-7-10-21-13-15-25-24-14-12-20-9-5-6-11-22(20)23(24)16-17-26(21,25)4/h18-25H,5-17H2,1-4H3. The van der Waals surface area contributed by atoms with E-state index in [0.717, 1.165) is 47.3 Å². The monoisotopic (exact) mass is 358 g/mol. The maximum absolute atomic E-state index is 2.74. The van der Waals surface area contributed by atoms with Crippen LogP contribution in [0.4, 0.5) is 0 Å². The Labute approximate surface area is 164 Å². The first-order valence-electron chi connectivity index (χ1n) is 12.5. The minimum Gasteiger partial charge on any atom is -0.0625 e. The molecular formula is C26H46. The van der Waals surface area contributed by atoms with Crippen molar-refractivity contribution in [2.24, 2.45) is 52.8 Å². The van der Waals surface area contributed by atoms with E-state index >= 15 is 0 Å². The average molecular weight is 359 g/mol. The Hall–Kier alpha value is 0. The van der Waals surface area contributed by atoms with Crippen LogP contribution in [-0.2, 0) is 0 Å². The Kier molecular flexibility index (Phi) is 5.79. The molecule has 4 fully saturated rings. The molecule has 26 heavy (non-hydrogen) atoms. The highest BCUT2D eigenvalue weighted by atomic mass is 14.6. The Morgan fingerprint density at radius 2 is 1.62 bits per heavy atom. The molecule has 150 valence electrons. The number of hydrogen-bond donors (Lipinski definition) is 0. The molecular weight excluding hydrogens is 312 g/mol. The second-order valence-electron chi connectivity index (χ2n) is 11.7. The van der Waals surface area contributed by atoms with Crippen LogP contribution in [0.15, 0.2) is 0 Å². The molecule has 0 N–H and O–H groups in total. The van der Waals surface area contributed by atoms with Gasteiger partial charge in [0.1, 0.15) is 0 Å². The molecule has 0 aromatic rings. The first-order chi connectivity index (χ1) is 12.5. The smallest absolute Gasteiger partial charge is 0.0266 e. The predicted molar refractivity (Wildman–Crippen MR) is 113 cm³/mol. The van der Waals surface area contributed by atoms with Gasteiger partial charge in [0.05, 0.1) is 0 Å². The summed E-state index contributed by atoms with van der Waals surface area (Å²) in [4.78, 5) is 0. The normalized spacial score (nSPS) is 46.5. The van der Waals surface area contributed by atoms with Gasteiger partial charge in [0.2, 0.25) is 0 Å². The highest BCUT2D eigenvalue weighted by Crippen LogP contribution is 2.64. The summed E-state index contributed by atoms with van der Waals surface area (Å²) in [5.74, 6) is 8.44. The summed E-state index contributed by atoms with van der Waals surface area (Å²) in [6, 6.07) is 0. The molecule has 0 aromatic carbocycles. The maximum Gasteiger partial charge on any atom is -0.0266 e. The minimum absolute atomic E-state index is 0.712. The van der Waals surface area contributed by atoms with Gasteiger partial charge in [-0.1, -0.05) is 59.8 Å². The molecule has 0 spiro atoms. The van der Waals surface area contributed by atoms with E-state index in [2.05, 4.69) is 27.7 Å². The van der Waals surface area contributed by atoms with Crippen LogP contribution in [0.25, 0.3) is 0 Å². The van der Waals surface area contributed by atoms with E-state index in [0.29, 0.717) is 5.41 Å². The number of rotatable bonds is 5. The van der Waals surface area contributed by atoms with Crippen molar-refractivity contribution in [3.63, 3.8) is 0 Å². The van der Waals surface area contributed by atoms with Gasteiger partial charge in [0.25, 0.3) is 0 Å². The van der Waals surface area contributed by atoms with Crippen LogP contribution in [0.2, 0.25) is 0 Å². The topological polar surface area (TPSA) is 0 Å². The minimum atomic E-state index is 0.712. The Balaban J connectivity index is 1.38. The zero-order valence-corrected chi connectivity index (χ0v) is 18.3. The Morgan fingerprint density at radius 3 is 2.42 bits per heavy atom. The largest absolute Gasteiger partial charge is 0.0625 e. The Bertz CT molecular complexity index is 465. The van der Waals surface area contributed by atoms with Gasteiger partial charge in [-0.3, -0.25) is 0 Å². The van der Waals surface area contributed by atoms with E-state index in [9.17, 15) is 0 Å². The second-order valence-corrected chi connectivity index (χ2v) is 11.7. The van der Waals surface area contributed by atoms with Crippen molar-refractivity contribution < 1.29 is 0 Å². The van der Waals surface area contributed by atoms with Crippen LogP contribution >= 0.6 is 0 Å². The molecule has 4 aliphatic carbocycles.